The second kappa shape index (κ2) is 11.6. The molecule has 0 aliphatic carbocycles. The van der Waals surface area contributed by atoms with Crippen molar-refractivity contribution in [1.29, 1.82) is 0 Å². The van der Waals surface area contributed by atoms with Crippen LogP contribution >= 0.6 is 0 Å². The highest BCUT2D eigenvalue weighted by atomic mass is 16.5. The number of ether oxygens (including phenoxy) is 1. The maximum absolute atomic E-state index is 12.8. The lowest BCUT2D eigenvalue weighted by molar-refractivity contribution is 0.0761. The summed E-state index contributed by atoms with van der Waals surface area (Å²) in [5.74, 6) is 1.05. The van der Waals surface area contributed by atoms with Crippen molar-refractivity contribution < 1.29 is 9.53 Å². The molecular formula is C25H35N3O2. The van der Waals surface area contributed by atoms with Gasteiger partial charge in [0, 0.05) is 38.3 Å². The molecule has 5 nitrogen and oxygen atoms in total. The standard InChI is InChI=1S/C25H35N3O2/c1-20(2)30-24-13-6-5-12-23(24)27-15-14-26-19-21-10-9-11-22(18-21)25(29)28-16-7-3-4-8-17-28/h5-6,9-13,18,20,26-27H,3-4,7-8,14-17,19H2,1-2H3. The maximum atomic E-state index is 12.8. The van der Waals surface area contributed by atoms with Gasteiger partial charge in [-0.1, -0.05) is 37.1 Å². The Morgan fingerprint density at radius 2 is 1.77 bits per heavy atom. The van der Waals surface area contributed by atoms with E-state index in [1.165, 1.54) is 12.8 Å². The molecule has 2 aromatic rings. The van der Waals surface area contributed by atoms with E-state index in [0.29, 0.717) is 0 Å². The molecule has 0 spiro atoms. The van der Waals surface area contributed by atoms with Crippen LogP contribution in [0.1, 0.15) is 55.5 Å². The van der Waals surface area contributed by atoms with Crippen LogP contribution in [0.4, 0.5) is 5.69 Å². The summed E-state index contributed by atoms with van der Waals surface area (Å²) in [6.45, 7) is 8.19. The summed E-state index contributed by atoms with van der Waals surface area (Å²) in [7, 11) is 0. The van der Waals surface area contributed by atoms with E-state index in [-0.39, 0.29) is 12.0 Å². The van der Waals surface area contributed by atoms with Gasteiger partial charge in [-0.25, -0.2) is 0 Å². The third-order valence-electron chi connectivity index (χ3n) is 5.26. The predicted octanol–water partition coefficient (Wildman–Crippen LogP) is 4.69. The van der Waals surface area contributed by atoms with Crippen LogP contribution in [-0.4, -0.2) is 43.1 Å². The van der Waals surface area contributed by atoms with Gasteiger partial charge in [-0.05, 0) is 56.5 Å². The lowest BCUT2D eigenvalue weighted by Gasteiger charge is -2.20. The van der Waals surface area contributed by atoms with E-state index in [4.69, 9.17) is 4.74 Å². The molecule has 0 aromatic heterocycles. The largest absolute Gasteiger partial charge is 0.489 e. The van der Waals surface area contributed by atoms with Gasteiger partial charge in [0.1, 0.15) is 5.75 Å². The van der Waals surface area contributed by atoms with Crippen LogP contribution in [0.2, 0.25) is 0 Å². The smallest absolute Gasteiger partial charge is 0.253 e. The molecule has 0 atom stereocenters. The fourth-order valence-corrected chi connectivity index (χ4v) is 3.76. The fraction of sp³-hybridized carbons (Fsp3) is 0.480. The van der Waals surface area contributed by atoms with E-state index >= 15 is 0 Å². The minimum absolute atomic E-state index is 0.148. The highest BCUT2D eigenvalue weighted by Gasteiger charge is 2.17. The third-order valence-corrected chi connectivity index (χ3v) is 5.26. The minimum atomic E-state index is 0.148. The zero-order chi connectivity index (χ0) is 21.2. The second-order valence-corrected chi connectivity index (χ2v) is 8.17. The molecule has 0 radical (unpaired) electrons. The van der Waals surface area contributed by atoms with Gasteiger partial charge < -0.3 is 20.3 Å². The van der Waals surface area contributed by atoms with E-state index < -0.39 is 0 Å². The molecule has 1 fully saturated rings. The van der Waals surface area contributed by atoms with Gasteiger partial charge in [0.25, 0.3) is 5.91 Å². The molecule has 30 heavy (non-hydrogen) atoms. The average molecular weight is 410 g/mol. The number of amides is 1. The highest BCUT2D eigenvalue weighted by molar-refractivity contribution is 5.94. The molecule has 1 saturated heterocycles. The zero-order valence-electron chi connectivity index (χ0n) is 18.3. The Labute approximate surface area is 180 Å². The van der Waals surface area contributed by atoms with Gasteiger partial charge in [-0.2, -0.15) is 0 Å². The summed E-state index contributed by atoms with van der Waals surface area (Å²) in [5.41, 5.74) is 2.95. The minimum Gasteiger partial charge on any atom is -0.489 e. The molecule has 3 rings (SSSR count). The first-order chi connectivity index (χ1) is 14.6. The number of benzene rings is 2. The van der Waals surface area contributed by atoms with Crippen LogP contribution in [0.5, 0.6) is 5.75 Å². The Hall–Kier alpha value is -2.53. The molecule has 2 aromatic carbocycles. The van der Waals surface area contributed by atoms with Crippen molar-refractivity contribution in [2.24, 2.45) is 0 Å². The number of nitrogens with zero attached hydrogens (tertiary/aromatic N) is 1. The first-order valence-corrected chi connectivity index (χ1v) is 11.2. The van der Waals surface area contributed by atoms with Crippen molar-refractivity contribution in [3.05, 3.63) is 59.7 Å². The van der Waals surface area contributed by atoms with Gasteiger partial charge >= 0.3 is 0 Å². The molecule has 1 heterocycles. The summed E-state index contributed by atoms with van der Waals surface area (Å²) < 4.78 is 5.85. The van der Waals surface area contributed by atoms with Crippen molar-refractivity contribution >= 4 is 11.6 Å². The zero-order valence-corrected chi connectivity index (χ0v) is 18.3. The van der Waals surface area contributed by atoms with Gasteiger partial charge in [0.05, 0.1) is 11.8 Å². The van der Waals surface area contributed by atoms with Gasteiger partial charge in [-0.3, -0.25) is 4.79 Å². The summed E-state index contributed by atoms with van der Waals surface area (Å²) in [5, 5.41) is 6.89. The summed E-state index contributed by atoms with van der Waals surface area (Å²) >= 11 is 0. The molecular weight excluding hydrogens is 374 g/mol. The number of nitrogens with one attached hydrogen (secondary N) is 2. The van der Waals surface area contributed by atoms with E-state index in [1.807, 2.05) is 61.2 Å². The summed E-state index contributed by atoms with van der Waals surface area (Å²) in [6, 6.07) is 16.0. The van der Waals surface area contributed by atoms with Crippen molar-refractivity contribution in [3.8, 4) is 5.75 Å². The number of rotatable bonds is 9. The lowest BCUT2D eigenvalue weighted by atomic mass is 10.1. The Morgan fingerprint density at radius 1 is 1.00 bits per heavy atom. The Bertz CT molecular complexity index is 798. The van der Waals surface area contributed by atoms with E-state index in [1.54, 1.807) is 0 Å². The number of hydrogen-bond donors (Lipinski definition) is 2. The van der Waals surface area contributed by atoms with Crippen LogP contribution in [-0.2, 0) is 6.54 Å². The molecule has 5 heteroatoms. The predicted molar refractivity (Wildman–Crippen MR) is 123 cm³/mol. The number of hydrogen-bond acceptors (Lipinski definition) is 4. The van der Waals surface area contributed by atoms with E-state index in [9.17, 15) is 4.79 Å². The number of anilines is 1. The number of para-hydroxylation sites is 2. The first-order valence-electron chi connectivity index (χ1n) is 11.2. The van der Waals surface area contributed by atoms with Gasteiger partial charge in [0.15, 0.2) is 0 Å². The number of carbonyl (C=O) groups is 1. The Morgan fingerprint density at radius 3 is 2.53 bits per heavy atom. The quantitative estimate of drug-likeness (QED) is 0.590. The Balaban J connectivity index is 1.45. The average Bonchev–Trinajstić information content (AvgIpc) is 3.03. The van der Waals surface area contributed by atoms with Crippen LogP contribution in [0.3, 0.4) is 0 Å². The topological polar surface area (TPSA) is 53.6 Å². The summed E-state index contributed by atoms with van der Waals surface area (Å²) in [6.07, 6.45) is 4.85. The van der Waals surface area contributed by atoms with Crippen LogP contribution in [0, 0.1) is 0 Å². The molecule has 0 bridgehead atoms. The monoisotopic (exact) mass is 409 g/mol. The molecule has 162 valence electrons. The third kappa shape index (κ3) is 6.77. The molecule has 1 aliphatic rings. The fourth-order valence-electron chi connectivity index (χ4n) is 3.76. The number of carbonyl (C=O) groups excluding carboxylic acids is 1. The molecule has 0 unspecified atom stereocenters. The maximum Gasteiger partial charge on any atom is 0.253 e. The van der Waals surface area contributed by atoms with E-state index in [2.05, 4.69) is 16.7 Å². The highest BCUT2D eigenvalue weighted by Crippen LogP contribution is 2.24. The molecule has 1 amide bonds. The van der Waals surface area contributed by atoms with Gasteiger partial charge in [0.2, 0.25) is 0 Å². The number of likely N-dealkylation sites (tertiary alicyclic amines) is 1. The molecule has 0 saturated carbocycles. The Kier molecular flexibility index (Phi) is 8.57. The molecule has 1 aliphatic heterocycles. The lowest BCUT2D eigenvalue weighted by Crippen LogP contribution is -2.32. The normalized spacial score (nSPS) is 14.4. The van der Waals surface area contributed by atoms with Crippen LogP contribution in [0.15, 0.2) is 48.5 Å². The van der Waals surface area contributed by atoms with E-state index in [0.717, 1.165) is 68.1 Å². The van der Waals surface area contributed by atoms with Gasteiger partial charge in [-0.15, -0.1) is 0 Å². The van der Waals surface area contributed by atoms with Crippen LogP contribution < -0.4 is 15.4 Å². The van der Waals surface area contributed by atoms with Crippen molar-refractivity contribution in [3.63, 3.8) is 0 Å². The summed E-state index contributed by atoms with van der Waals surface area (Å²) in [4.78, 5) is 14.8. The van der Waals surface area contributed by atoms with Crippen molar-refractivity contribution in [2.75, 3.05) is 31.5 Å². The first kappa shape index (κ1) is 22.2. The van der Waals surface area contributed by atoms with Crippen LogP contribution in [0.25, 0.3) is 0 Å². The SMILES string of the molecule is CC(C)Oc1ccccc1NCCNCc1cccc(C(=O)N2CCCCCC2)c1. The van der Waals surface area contributed by atoms with Crippen molar-refractivity contribution in [2.45, 2.75) is 52.2 Å². The van der Waals surface area contributed by atoms with Crippen molar-refractivity contribution in [1.82, 2.24) is 10.2 Å². The second-order valence-electron chi connectivity index (χ2n) is 8.17. The molecule has 2 N–H and O–H groups in total.